The van der Waals surface area contributed by atoms with Crippen molar-refractivity contribution in [1.29, 1.82) is 0 Å². The van der Waals surface area contributed by atoms with Gasteiger partial charge in [-0.1, -0.05) is 0 Å². The molecule has 110 valence electrons. The molecule has 1 saturated heterocycles. The molecule has 1 aromatic rings. The Hall–Kier alpha value is -1.62. The Kier molecular flexibility index (Phi) is 5.35. The predicted octanol–water partition coefficient (Wildman–Crippen LogP) is 1.68. The zero-order chi connectivity index (χ0) is 14.4. The summed E-state index contributed by atoms with van der Waals surface area (Å²) < 4.78 is 0. The maximum absolute atomic E-state index is 12.4. The largest absolute Gasteiger partial charge is 0.370 e. The van der Waals surface area contributed by atoms with Crippen LogP contribution >= 0.6 is 0 Å². The molecule has 0 bridgehead atoms. The third-order valence-electron chi connectivity index (χ3n) is 3.66. The minimum absolute atomic E-state index is 0.0609. The fourth-order valence-electron chi connectivity index (χ4n) is 2.46. The summed E-state index contributed by atoms with van der Waals surface area (Å²) in [5.74, 6) is 0.817. The highest BCUT2D eigenvalue weighted by atomic mass is 16.2. The van der Waals surface area contributed by atoms with Crippen molar-refractivity contribution in [1.82, 2.24) is 14.8 Å². The Morgan fingerprint density at radius 2 is 2.20 bits per heavy atom. The minimum atomic E-state index is 0.0609. The quantitative estimate of drug-likeness (QED) is 0.859. The Balaban J connectivity index is 1.89. The van der Waals surface area contributed by atoms with Gasteiger partial charge in [0.15, 0.2) is 0 Å². The van der Waals surface area contributed by atoms with Crippen molar-refractivity contribution in [2.75, 3.05) is 45.1 Å². The van der Waals surface area contributed by atoms with Gasteiger partial charge in [-0.15, -0.1) is 0 Å². The second-order valence-electron chi connectivity index (χ2n) is 5.24. The number of pyridine rings is 1. The number of nitrogens with one attached hydrogen (secondary N) is 1. The molecule has 5 nitrogen and oxygen atoms in total. The SMILES string of the molecule is CCNc1cc(C(=O)N(C)CCN2CCCC2)ccn1. The first kappa shape index (κ1) is 14.8. The van der Waals surface area contributed by atoms with Crippen LogP contribution in [0, 0.1) is 0 Å². The fraction of sp³-hybridized carbons (Fsp3) is 0.600. The van der Waals surface area contributed by atoms with E-state index in [1.807, 2.05) is 20.0 Å². The van der Waals surface area contributed by atoms with E-state index in [4.69, 9.17) is 0 Å². The molecule has 1 aliphatic rings. The van der Waals surface area contributed by atoms with Crippen molar-refractivity contribution in [3.8, 4) is 0 Å². The van der Waals surface area contributed by atoms with Gasteiger partial charge in [0.05, 0.1) is 0 Å². The standard InChI is InChI=1S/C15H24N4O/c1-3-16-14-12-13(6-7-17-14)15(20)18(2)10-11-19-8-4-5-9-19/h6-7,12H,3-5,8-11H2,1-2H3,(H,16,17). The van der Waals surface area contributed by atoms with Crippen LogP contribution in [0.3, 0.4) is 0 Å². The molecule has 1 aromatic heterocycles. The Morgan fingerprint density at radius 3 is 2.90 bits per heavy atom. The topological polar surface area (TPSA) is 48.5 Å². The lowest BCUT2D eigenvalue weighted by Gasteiger charge is -2.21. The van der Waals surface area contributed by atoms with Gasteiger partial charge in [0.2, 0.25) is 0 Å². The van der Waals surface area contributed by atoms with E-state index < -0.39 is 0 Å². The number of anilines is 1. The van der Waals surface area contributed by atoms with Crippen LogP contribution in [0.25, 0.3) is 0 Å². The molecule has 1 fully saturated rings. The van der Waals surface area contributed by atoms with Gasteiger partial charge in [-0.2, -0.15) is 0 Å². The van der Waals surface area contributed by atoms with Crippen LogP contribution < -0.4 is 5.32 Å². The number of likely N-dealkylation sites (tertiary alicyclic amines) is 1. The Bertz CT molecular complexity index is 443. The first-order valence-corrected chi connectivity index (χ1v) is 7.38. The second kappa shape index (κ2) is 7.24. The highest BCUT2D eigenvalue weighted by Gasteiger charge is 2.15. The van der Waals surface area contributed by atoms with E-state index in [0.717, 1.165) is 25.5 Å². The summed E-state index contributed by atoms with van der Waals surface area (Å²) in [4.78, 5) is 20.8. The molecule has 0 saturated carbocycles. The summed E-state index contributed by atoms with van der Waals surface area (Å²) in [6, 6.07) is 3.59. The van der Waals surface area contributed by atoms with E-state index >= 15 is 0 Å². The molecular weight excluding hydrogens is 252 g/mol. The zero-order valence-electron chi connectivity index (χ0n) is 12.4. The van der Waals surface area contributed by atoms with Gasteiger partial charge < -0.3 is 15.1 Å². The molecule has 1 aliphatic heterocycles. The summed E-state index contributed by atoms with van der Waals surface area (Å²) in [5.41, 5.74) is 0.694. The van der Waals surface area contributed by atoms with E-state index in [-0.39, 0.29) is 5.91 Å². The molecule has 0 spiro atoms. The van der Waals surface area contributed by atoms with E-state index in [1.54, 1.807) is 17.2 Å². The second-order valence-corrected chi connectivity index (χ2v) is 5.24. The fourth-order valence-corrected chi connectivity index (χ4v) is 2.46. The number of hydrogen-bond donors (Lipinski definition) is 1. The summed E-state index contributed by atoms with van der Waals surface area (Å²) >= 11 is 0. The highest BCUT2D eigenvalue weighted by molar-refractivity contribution is 5.94. The number of amides is 1. The Labute approximate surface area is 121 Å². The number of carbonyl (C=O) groups excluding carboxylic acids is 1. The van der Waals surface area contributed by atoms with Crippen LogP contribution in [0.4, 0.5) is 5.82 Å². The third-order valence-corrected chi connectivity index (χ3v) is 3.66. The molecular formula is C15H24N4O. The number of carbonyl (C=O) groups is 1. The van der Waals surface area contributed by atoms with Crippen molar-refractivity contribution in [2.24, 2.45) is 0 Å². The Morgan fingerprint density at radius 1 is 1.45 bits per heavy atom. The average molecular weight is 276 g/mol. The van der Waals surface area contributed by atoms with Gasteiger partial charge in [-0.25, -0.2) is 4.98 Å². The molecule has 0 unspecified atom stereocenters. The molecule has 1 amide bonds. The van der Waals surface area contributed by atoms with Crippen LogP contribution in [-0.4, -0.2) is 60.5 Å². The number of hydrogen-bond acceptors (Lipinski definition) is 4. The normalized spacial score (nSPS) is 15.3. The lowest BCUT2D eigenvalue weighted by atomic mass is 10.2. The van der Waals surface area contributed by atoms with Gasteiger partial charge in [-0.3, -0.25) is 4.79 Å². The molecule has 5 heteroatoms. The first-order valence-electron chi connectivity index (χ1n) is 7.38. The molecule has 0 aliphatic carbocycles. The highest BCUT2D eigenvalue weighted by Crippen LogP contribution is 2.10. The van der Waals surface area contributed by atoms with E-state index in [0.29, 0.717) is 5.56 Å². The van der Waals surface area contributed by atoms with E-state index in [2.05, 4.69) is 15.2 Å². The molecule has 2 rings (SSSR count). The third kappa shape index (κ3) is 3.93. The van der Waals surface area contributed by atoms with Gasteiger partial charge in [-0.05, 0) is 45.0 Å². The molecule has 0 atom stereocenters. The van der Waals surface area contributed by atoms with Gasteiger partial charge >= 0.3 is 0 Å². The number of likely N-dealkylation sites (N-methyl/N-ethyl adjacent to an activating group) is 1. The van der Waals surface area contributed by atoms with Gasteiger partial charge in [0.25, 0.3) is 5.91 Å². The summed E-state index contributed by atoms with van der Waals surface area (Å²) in [7, 11) is 1.87. The molecule has 2 heterocycles. The van der Waals surface area contributed by atoms with Crippen LogP contribution in [0.5, 0.6) is 0 Å². The maximum Gasteiger partial charge on any atom is 0.253 e. The van der Waals surface area contributed by atoms with Crippen molar-refractivity contribution in [2.45, 2.75) is 19.8 Å². The first-order chi connectivity index (χ1) is 9.70. The number of aromatic nitrogens is 1. The average Bonchev–Trinajstić information content (AvgIpc) is 2.98. The zero-order valence-corrected chi connectivity index (χ0v) is 12.4. The predicted molar refractivity (Wildman–Crippen MR) is 81.0 cm³/mol. The van der Waals surface area contributed by atoms with E-state index in [1.165, 1.54) is 25.9 Å². The van der Waals surface area contributed by atoms with Crippen molar-refractivity contribution >= 4 is 11.7 Å². The molecule has 0 radical (unpaired) electrons. The van der Waals surface area contributed by atoms with Crippen LogP contribution in [0.1, 0.15) is 30.1 Å². The van der Waals surface area contributed by atoms with Gasteiger partial charge in [0.1, 0.15) is 5.82 Å². The monoisotopic (exact) mass is 276 g/mol. The van der Waals surface area contributed by atoms with Crippen LogP contribution in [0.2, 0.25) is 0 Å². The van der Waals surface area contributed by atoms with Crippen molar-refractivity contribution in [3.05, 3.63) is 23.9 Å². The smallest absolute Gasteiger partial charge is 0.253 e. The molecule has 1 N–H and O–H groups in total. The maximum atomic E-state index is 12.4. The summed E-state index contributed by atoms with van der Waals surface area (Å²) in [5, 5.41) is 3.13. The molecule has 0 aromatic carbocycles. The van der Waals surface area contributed by atoms with Gasteiger partial charge in [0, 0.05) is 38.4 Å². The lowest BCUT2D eigenvalue weighted by molar-refractivity contribution is 0.0782. The van der Waals surface area contributed by atoms with Crippen molar-refractivity contribution < 1.29 is 4.79 Å². The van der Waals surface area contributed by atoms with Crippen molar-refractivity contribution in [3.63, 3.8) is 0 Å². The van der Waals surface area contributed by atoms with E-state index in [9.17, 15) is 4.79 Å². The number of nitrogens with zero attached hydrogens (tertiary/aromatic N) is 3. The minimum Gasteiger partial charge on any atom is -0.370 e. The van der Waals surface area contributed by atoms with Crippen LogP contribution in [0.15, 0.2) is 18.3 Å². The summed E-state index contributed by atoms with van der Waals surface area (Å²) in [6.07, 6.45) is 4.25. The molecule has 20 heavy (non-hydrogen) atoms. The van der Waals surface area contributed by atoms with Crippen LogP contribution in [-0.2, 0) is 0 Å². The summed E-state index contributed by atoms with van der Waals surface area (Å²) in [6.45, 7) is 6.89. The lowest BCUT2D eigenvalue weighted by Crippen LogP contribution is -2.35. The number of rotatable bonds is 6.